The van der Waals surface area contributed by atoms with Crippen molar-refractivity contribution in [1.82, 2.24) is 4.90 Å². The summed E-state index contributed by atoms with van der Waals surface area (Å²) in [6, 6.07) is 8.90. The zero-order valence-corrected chi connectivity index (χ0v) is 16.2. The summed E-state index contributed by atoms with van der Waals surface area (Å²) in [5.41, 5.74) is 2.02. The third-order valence-electron chi connectivity index (χ3n) is 3.98. The lowest BCUT2D eigenvalue weighted by atomic mass is 10.2. The molecule has 2 amide bonds. The summed E-state index contributed by atoms with van der Waals surface area (Å²) in [6.07, 6.45) is -1.02. The SMILES string of the molecule is Cc1ccc(NC(=O)CN(C)C(=O)[C@H](C)OC(=O)c2cc(C)oc2C)cc1. The molecule has 0 aliphatic heterocycles. The van der Waals surface area contributed by atoms with Crippen LogP contribution in [0.3, 0.4) is 0 Å². The minimum atomic E-state index is -1.02. The number of rotatable bonds is 6. The van der Waals surface area contributed by atoms with Gasteiger partial charge in [-0.25, -0.2) is 4.79 Å². The van der Waals surface area contributed by atoms with Gasteiger partial charge in [-0.2, -0.15) is 0 Å². The number of nitrogens with one attached hydrogen (secondary N) is 1. The molecule has 0 bridgehead atoms. The average Bonchev–Trinajstić information content (AvgIpc) is 2.94. The van der Waals surface area contributed by atoms with Crippen molar-refractivity contribution in [2.45, 2.75) is 33.8 Å². The van der Waals surface area contributed by atoms with Crippen LogP contribution in [0.2, 0.25) is 0 Å². The number of anilines is 1. The number of likely N-dealkylation sites (N-methyl/N-ethyl adjacent to an activating group) is 1. The van der Waals surface area contributed by atoms with Gasteiger partial charge in [-0.3, -0.25) is 9.59 Å². The lowest BCUT2D eigenvalue weighted by molar-refractivity contribution is -0.140. The first-order valence-electron chi connectivity index (χ1n) is 8.57. The molecule has 1 N–H and O–H groups in total. The summed E-state index contributed by atoms with van der Waals surface area (Å²) >= 11 is 0. The molecular formula is C20H24N2O5. The van der Waals surface area contributed by atoms with Gasteiger partial charge in [0.25, 0.3) is 5.91 Å². The molecule has 0 unspecified atom stereocenters. The van der Waals surface area contributed by atoms with Gasteiger partial charge in [0.15, 0.2) is 6.10 Å². The molecule has 0 saturated carbocycles. The first kappa shape index (κ1) is 20.2. The minimum Gasteiger partial charge on any atom is -0.466 e. The third-order valence-corrected chi connectivity index (χ3v) is 3.98. The molecular weight excluding hydrogens is 348 g/mol. The van der Waals surface area contributed by atoms with Crippen LogP contribution in [0.1, 0.15) is 34.4 Å². The van der Waals surface area contributed by atoms with Gasteiger partial charge >= 0.3 is 5.97 Å². The van der Waals surface area contributed by atoms with E-state index in [1.165, 1.54) is 18.9 Å². The standard InChI is InChI=1S/C20H24N2O5/c1-12-6-8-16(9-7-12)21-18(23)11-22(5)19(24)15(4)27-20(25)17-10-13(2)26-14(17)3/h6-10,15H,11H2,1-5H3,(H,21,23)/t15-/m0/s1. The number of hydrogen-bond donors (Lipinski definition) is 1. The summed E-state index contributed by atoms with van der Waals surface area (Å²) < 4.78 is 10.5. The van der Waals surface area contributed by atoms with E-state index in [0.29, 0.717) is 17.2 Å². The molecule has 1 atom stereocenters. The predicted octanol–water partition coefficient (Wildman–Crippen LogP) is 2.85. The maximum atomic E-state index is 12.4. The minimum absolute atomic E-state index is 0.154. The van der Waals surface area contributed by atoms with E-state index in [1.807, 2.05) is 19.1 Å². The molecule has 1 heterocycles. The van der Waals surface area contributed by atoms with Crippen molar-refractivity contribution in [2.75, 3.05) is 18.9 Å². The second-order valence-corrected chi connectivity index (χ2v) is 6.48. The van der Waals surface area contributed by atoms with Crippen molar-refractivity contribution in [3.63, 3.8) is 0 Å². The highest BCUT2D eigenvalue weighted by Gasteiger charge is 2.25. The Morgan fingerprint density at radius 2 is 1.78 bits per heavy atom. The molecule has 27 heavy (non-hydrogen) atoms. The third kappa shape index (κ3) is 5.44. The Balaban J connectivity index is 1.89. The Kier molecular flexibility index (Phi) is 6.39. The summed E-state index contributed by atoms with van der Waals surface area (Å²) in [6.45, 7) is 6.64. The van der Waals surface area contributed by atoms with Crippen LogP contribution in [0.5, 0.6) is 0 Å². The highest BCUT2D eigenvalue weighted by atomic mass is 16.5. The van der Waals surface area contributed by atoms with Crippen molar-refractivity contribution in [2.24, 2.45) is 0 Å². The molecule has 0 fully saturated rings. The zero-order chi connectivity index (χ0) is 20.1. The van der Waals surface area contributed by atoms with E-state index in [4.69, 9.17) is 9.15 Å². The Labute approximate surface area is 158 Å². The van der Waals surface area contributed by atoms with Gasteiger partial charge in [-0.15, -0.1) is 0 Å². The number of carbonyl (C=O) groups excluding carboxylic acids is 3. The largest absolute Gasteiger partial charge is 0.466 e. The van der Waals surface area contributed by atoms with Gasteiger partial charge in [0.2, 0.25) is 5.91 Å². The van der Waals surface area contributed by atoms with E-state index >= 15 is 0 Å². The van der Waals surface area contributed by atoms with E-state index in [0.717, 1.165) is 5.56 Å². The Bertz CT molecular complexity index is 839. The fraction of sp³-hybridized carbons (Fsp3) is 0.350. The lowest BCUT2D eigenvalue weighted by Gasteiger charge is -2.21. The van der Waals surface area contributed by atoms with Crippen LogP contribution in [0.15, 0.2) is 34.7 Å². The van der Waals surface area contributed by atoms with Crippen LogP contribution in [0, 0.1) is 20.8 Å². The van der Waals surface area contributed by atoms with Gasteiger partial charge < -0.3 is 19.4 Å². The van der Waals surface area contributed by atoms with Crippen LogP contribution in [0.4, 0.5) is 5.69 Å². The molecule has 2 rings (SSSR count). The van der Waals surface area contributed by atoms with Gasteiger partial charge in [0.1, 0.15) is 17.1 Å². The molecule has 0 radical (unpaired) electrons. The molecule has 0 aliphatic rings. The second-order valence-electron chi connectivity index (χ2n) is 6.48. The van der Waals surface area contributed by atoms with Crippen molar-refractivity contribution < 1.29 is 23.5 Å². The first-order valence-corrected chi connectivity index (χ1v) is 8.57. The molecule has 1 aromatic carbocycles. The van der Waals surface area contributed by atoms with E-state index in [1.54, 1.807) is 32.0 Å². The van der Waals surface area contributed by atoms with Gasteiger partial charge in [0.05, 0.1) is 6.54 Å². The lowest BCUT2D eigenvalue weighted by Crippen LogP contribution is -2.41. The van der Waals surface area contributed by atoms with Crippen LogP contribution >= 0.6 is 0 Å². The quantitative estimate of drug-likeness (QED) is 0.788. The van der Waals surface area contributed by atoms with E-state index in [-0.39, 0.29) is 18.0 Å². The fourth-order valence-corrected chi connectivity index (χ4v) is 2.55. The Morgan fingerprint density at radius 1 is 1.15 bits per heavy atom. The van der Waals surface area contributed by atoms with Crippen molar-refractivity contribution in [1.29, 1.82) is 0 Å². The molecule has 7 nitrogen and oxygen atoms in total. The summed E-state index contributed by atoms with van der Waals surface area (Å²) in [5, 5.41) is 2.72. The molecule has 2 aromatic rings. The monoisotopic (exact) mass is 372 g/mol. The Morgan fingerprint density at radius 3 is 2.33 bits per heavy atom. The smallest absolute Gasteiger partial charge is 0.342 e. The second kappa shape index (κ2) is 8.53. The van der Waals surface area contributed by atoms with Gasteiger partial charge in [-0.05, 0) is 45.9 Å². The van der Waals surface area contributed by atoms with Crippen LogP contribution in [-0.2, 0) is 14.3 Å². The van der Waals surface area contributed by atoms with Crippen LogP contribution in [-0.4, -0.2) is 42.4 Å². The van der Waals surface area contributed by atoms with Gasteiger partial charge in [-0.1, -0.05) is 17.7 Å². The number of aryl methyl sites for hydroxylation is 3. The number of amides is 2. The van der Waals surface area contributed by atoms with Crippen molar-refractivity contribution in [3.8, 4) is 0 Å². The number of ether oxygens (including phenoxy) is 1. The number of benzene rings is 1. The summed E-state index contributed by atoms with van der Waals surface area (Å²) in [7, 11) is 1.48. The molecule has 0 spiro atoms. The van der Waals surface area contributed by atoms with E-state index in [9.17, 15) is 14.4 Å². The summed E-state index contributed by atoms with van der Waals surface area (Å²) in [5.74, 6) is -0.427. The molecule has 1 aromatic heterocycles. The molecule has 0 aliphatic carbocycles. The number of carbonyl (C=O) groups is 3. The topological polar surface area (TPSA) is 88.9 Å². The molecule has 7 heteroatoms. The zero-order valence-electron chi connectivity index (χ0n) is 16.2. The van der Waals surface area contributed by atoms with Crippen LogP contribution in [0.25, 0.3) is 0 Å². The number of furan rings is 1. The van der Waals surface area contributed by atoms with Crippen molar-refractivity contribution in [3.05, 3.63) is 53.0 Å². The highest BCUT2D eigenvalue weighted by molar-refractivity contribution is 5.96. The highest BCUT2D eigenvalue weighted by Crippen LogP contribution is 2.16. The number of esters is 1. The number of hydrogen-bond acceptors (Lipinski definition) is 5. The molecule has 0 saturated heterocycles. The van der Waals surface area contributed by atoms with Crippen LogP contribution < -0.4 is 5.32 Å². The average molecular weight is 372 g/mol. The van der Waals surface area contributed by atoms with Gasteiger partial charge in [0, 0.05) is 12.7 Å². The predicted molar refractivity (Wildman–Crippen MR) is 101 cm³/mol. The fourth-order valence-electron chi connectivity index (χ4n) is 2.55. The number of nitrogens with zero attached hydrogens (tertiary/aromatic N) is 1. The Hall–Kier alpha value is -3.09. The van der Waals surface area contributed by atoms with E-state index < -0.39 is 18.0 Å². The maximum absolute atomic E-state index is 12.4. The summed E-state index contributed by atoms with van der Waals surface area (Å²) in [4.78, 5) is 37.9. The van der Waals surface area contributed by atoms with E-state index in [2.05, 4.69) is 5.32 Å². The first-order chi connectivity index (χ1) is 12.7. The maximum Gasteiger partial charge on any atom is 0.342 e. The normalized spacial score (nSPS) is 11.6. The molecule has 144 valence electrons. The van der Waals surface area contributed by atoms with Crippen molar-refractivity contribution >= 4 is 23.5 Å².